The van der Waals surface area contributed by atoms with E-state index < -0.39 is 22.9 Å². The highest BCUT2D eigenvalue weighted by atomic mass is 35.5. The zero-order valence-electron chi connectivity index (χ0n) is 9.59. The largest absolute Gasteiger partial charge is 0.419 e. The lowest BCUT2D eigenvalue weighted by molar-refractivity contribution is -0.140. The van der Waals surface area contributed by atoms with Crippen molar-refractivity contribution in [2.75, 3.05) is 0 Å². The minimum Gasteiger partial charge on any atom is -0.206 e. The van der Waals surface area contributed by atoms with E-state index in [0.29, 0.717) is 5.56 Å². The summed E-state index contributed by atoms with van der Waals surface area (Å²) >= 11 is 6.12. The van der Waals surface area contributed by atoms with Crippen LogP contribution in [0.5, 0.6) is 0 Å². The molecule has 0 radical (unpaired) electrons. The van der Waals surface area contributed by atoms with E-state index in [1.165, 1.54) is 6.07 Å². The Morgan fingerprint density at radius 2 is 1.53 bits per heavy atom. The van der Waals surface area contributed by atoms with Crippen LogP contribution in [0.3, 0.4) is 0 Å². The lowest BCUT2D eigenvalue weighted by Crippen LogP contribution is -2.09. The first-order valence-electron chi connectivity index (χ1n) is 5.45. The Hall–Kier alpha value is -1.55. The highest BCUT2D eigenvalue weighted by Crippen LogP contribution is 2.35. The van der Waals surface area contributed by atoms with E-state index in [9.17, 15) is 17.6 Å². The monoisotopic (exact) mass is 288 g/mol. The molecule has 0 aromatic heterocycles. The fourth-order valence-corrected chi connectivity index (χ4v) is 2.01. The lowest BCUT2D eigenvalue weighted by atomic mass is 10.0. The number of rotatable bonds is 2. The maximum atomic E-state index is 13.2. The van der Waals surface area contributed by atoms with Gasteiger partial charge in [-0.1, -0.05) is 36.4 Å². The molecule has 1 atom stereocenters. The Kier molecular flexibility index (Phi) is 3.80. The van der Waals surface area contributed by atoms with Crippen molar-refractivity contribution in [2.45, 2.75) is 11.6 Å². The van der Waals surface area contributed by atoms with Gasteiger partial charge in [-0.3, -0.25) is 0 Å². The molecule has 5 heteroatoms. The molecular formula is C14H9ClF4. The molecule has 19 heavy (non-hydrogen) atoms. The molecule has 0 saturated carbocycles. The summed E-state index contributed by atoms with van der Waals surface area (Å²) in [5.74, 6) is -1.30. The average molecular weight is 289 g/mol. The van der Waals surface area contributed by atoms with E-state index in [-0.39, 0.29) is 5.56 Å². The molecule has 0 bridgehead atoms. The van der Waals surface area contributed by atoms with Crippen LogP contribution in [-0.2, 0) is 6.18 Å². The van der Waals surface area contributed by atoms with Gasteiger partial charge in [0.15, 0.2) is 0 Å². The van der Waals surface area contributed by atoms with Gasteiger partial charge in [-0.2, -0.15) is 13.2 Å². The standard InChI is InChI=1S/C14H9ClF4/c15-13(9-4-2-1-3-5-9)10-6-7-12(16)11(8-10)14(17,18)19/h1-8,13H. The second kappa shape index (κ2) is 5.21. The molecule has 0 amide bonds. The van der Waals surface area contributed by atoms with E-state index >= 15 is 0 Å². The van der Waals surface area contributed by atoms with E-state index in [2.05, 4.69) is 0 Å². The van der Waals surface area contributed by atoms with Crippen LogP contribution in [0.4, 0.5) is 17.6 Å². The Balaban J connectivity index is 2.42. The SMILES string of the molecule is Fc1ccc(C(Cl)c2ccccc2)cc1C(F)(F)F. The first-order valence-corrected chi connectivity index (χ1v) is 5.89. The fraction of sp³-hybridized carbons (Fsp3) is 0.143. The third-order valence-corrected chi connectivity index (χ3v) is 3.18. The second-order valence-corrected chi connectivity index (χ2v) is 4.45. The van der Waals surface area contributed by atoms with Crippen molar-refractivity contribution in [1.82, 2.24) is 0 Å². The van der Waals surface area contributed by atoms with Crippen molar-refractivity contribution >= 4 is 11.6 Å². The molecule has 0 heterocycles. The first kappa shape index (κ1) is 13.9. The molecule has 1 unspecified atom stereocenters. The van der Waals surface area contributed by atoms with E-state index in [4.69, 9.17) is 11.6 Å². The molecule has 0 aliphatic carbocycles. The third kappa shape index (κ3) is 3.07. The Morgan fingerprint density at radius 3 is 2.11 bits per heavy atom. The van der Waals surface area contributed by atoms with Gasteiger partial charge in [-0.25, -0.2) is 4.39 Å². The van der Waals surface area contributed by atoms with Crippen molar-refractivity contribution in [3.63, 3.8) is 0 Å². The number of alkyl halides is 4. The maximum absolute atomic E-state index is 13.2. The molecule has 0 nitrogen and oxygen atoms in total. The van der Waals surface area contributed by atoms with Gasteiger partial charge in [0.05, 0.1) is 10.9 Å². The van der Waals surface area contributed by atoms with Crippen LogP contribution >= 0.6 is 11.6 Å². The van der Waals surface area contributed by atoms with Crippen LogP contribution < -0.4 is 0 Å². The smallest absolute Gasteiger partial charge is 0.206 e. The minimum absolute atomic E-state index is 0.210. The van der Waals surface area contributed by atoms with Gasteiger partial charge < -0.3 is 0 Å². The average Bonchev–Trinajstić information content (AvgIpc) is 2.38. The molecule has 2 aromatic carbocycles. The second-order valence-electron chi connectivity index (χ2n) is 4.01. The van der Waals surface area contributed by atoms with E-state index in [0.717, 1.165) is 12.1 Å². The Morgan fingerprint density at radius 1 is 0.895 bits per heavy atom. The molecule has 2 rings (SSSR count). The van der Waals surface area contributed by atoms with Gasteiger partial charge >= 0.3 is 6.18 Å². The maximum Gasteiger partial charge on any atom is 0.419 e. The summed E-state index contributed by atoms with van der Waals surface area (Å²) in [7, 11) is 0. The molecule has 0 N–H and O–H groups in total. The first-order chi connectivity index (χ1) is 8.89. The Labute approximate surface area is 112 Å². The predicted octanol–water partition coefficient (Wildman–Crippen LogP) is 5.17. The minimum atomic E-state index is -4.73. The van der Waals surface area contributed by atoms with Crippen LogP contribution in [0, 0.1) is 5.82 Å². The van der Waals surface area contributed by atoms with Crippen molar-refractivity contribution < 1.29 is 17.6 Å². The zero-order valence-corrected chi connectivity index (χ0v) is 10.3. The van der Waals surface area contributed by atoms with Gasteiger partial charge in [0.2, 0.25) is 0 Å². The molecule has 100 valence electrons. The molecule has 0 fully saturated rings. The number of benzene rings is 2. The van der Waals surface area contributed by atoms with Crippen LogP contribution in [0.25, 0.3) is 0 Å². The highest BCUT2D eigenvalue weighted by Gasteiger charge is 2.34. The summed E-state index contributed by atoms with van der Waals surface area (Å²) in [6.07, 6.45) is -4.73. The molecule has 0 saturated heterocycles. The van der Waals surface area contributed by atoms with Gasteiger partial charge in [0.1, 0.15) is 5.82 Å². The van der Waals surface area contributed by atoms with Gasteiger partial charge in [0.25, 0.3) is 0 Å². The Bertz CT molecular complexity index is 563. The fourth-order valence-electron chi connectivity index (χ4n) is 1.73. The predicted molar refractivity (Wildman–Crippen MR) is 65.5 cm³/mol. The third-order valence-electron chi connectivity index (χ3n) is 2.68. The molecule has 0 spiro atoms. The van der Waals surface area contributed by atoms with Crippen LogP contribution in [0.2, 0.25) is 0 Å². The van der Waals surface area contributed by atoms with Gasteiger partial charge in [-0.05, 0) is 23.3 Å². The van der Waals surface area contributed by atoms with Crippen molar-refractivity contribution in [3.05, 3.63) is 71.0 Å². The van der Waals surface area contributed by atoms with Crippen LogP contribution in [0.15, 0.2) is 48.5 Å². The zero-order chi connectivity index (χ0) is 14.0. The van der Waals surface area contributed by atoms with Crippen molar-refractivity contribution in [1.29, 1.82) is 0 Å². The summed E-state index contributed by atoms with van der Waals surface area (Å²) in [6.45, 7) is 0. The highest BCUT2D eigenvalue weighted by molar-refractivity contribution is 6.22. The topological polar surface area (TPSA) is 0 Å². The summed E-state index contributed by atoms with van der Waals surface area (Å²) in [4.78, 5) is 0. The number of hydrogen-bond donors (Lipinski definition) is 0. The van der Waals surface area contributed by atoms with E-state index in [1.54, 1.807) is 30.3 Å². The summed E-state index contributed by atoms with van der Waals surface area (Å²) in [5.41, 5.74) is -0.433. The lowest BCUT2D eigenvalue weighted by Gasteiger charge is -2.14. The van der Waals surface area contributed by atoms with Crippen LogP contribution in [0.1, 0.15) is 22.1 Å². The molecular weight excluding hydrogens is 280 g/mol. The van der Waals surface area contributed by atoms with E-state index in [1.807, 2.05) is 0 Å². The van der Waals surface area contributed by atoms with Gasteiger partial charge in [-0.15, -0.1) is 11.6 Å². The molecule has 0 aliphatic rings. The number of hydrogen-bond acceptors (Lipinski definition) is 0. The van der Waals surface area contributed by atoms with Crippen molar-refractivity contribution in [2.24, 2.45) is 0 Å². The molecule has 2 aromatic rings. The van der Waals surface area contributed by atoms with Gasteiger partial charge in [0, 0.05) is 0 Å². The number of halogens is 5. The quantitative estimate of drug-likeness (QED) is 0.528. The summed E-state index contributed by atoms with van der Waals surface area (Å²) in [6, 6.07) is 11.4. The van der Waals surface area contributed by atoms with Crippen molar-refractivity contribution in [3.8, 4) is 0 Å². The summed E-state index contributed by atoms with van der Waals surface area (Å²) < 4.78 is 51.0. The van der Waals surface area contributed by atoms with Crippen LogP contribution in [-0.4, -0.2) is 0 Å². The normalized spacial score (nSPS) is 13.3. The molecule has 0 aliphatic heterocycles. The summed E-state index contributed by atoms with van der Waals surface area (Å²) in [5, 5.41) is -0.747.